The zero-order valence-electron chi connectivity index (χ0n) is 4.99. The lowest BCUT2D eigenvalue weighted by atomic mass is 10.1. The van der Waals surface area contributed by atoms with Crippen LogP contribution in [-0.4, -0.2) is 19.0 Å². The predicted octanol–water partition coefficient (Wildman–Crippen LogP) is 1.58. The van der Waals surface area contributed by atoms with Crippen LogP contribution in [0.1, 0.15) is 12.8 Å². The third-order valence-corrected chi connectivity index (χ3v) is 1.34. The van der Waals surface area contributed by atoms with Gasteiger partial charge in [-0.05, 0) is 0 Å². The molecule has 1 rings (SSSR count). The van der Waals surface area contributed by atoms with Crippen LogP contribution in [0, 0.1) is 0 Å². The molecule has 0 amide bonds. The van der Waals surface area contributed by atoms with E-state index in [-0.39, 0.29) is 29.8 Å². The summed E-state index contributed by atoms with van der Waals surface area (Å²) in [5.74, 6) is -2.38. The molecule has 0 atom stereocenters. The van der Waals surface area contributed by atoms with Gasteiger partial charge < -0.3 is 5.32 Å². The molecule has 1 heterocycles. The van der Waals surface area contributed by atoms with Crippen LogP contribution in [-0.2, 0) is 0 Å². The molecule has 0 aliphatic carbocycles. The minimum atomic E-state index is -2.38. The van der Waals surface area contributed by atoms with E-state index in [4.69, 9.17) is 0 Å². The Kier molecular flexibility index (Phi) is 3.58. The third-order valence-electron chi connectivity index (χ3n) is 1.34. The summed E-state index contributed by atoms with van der Waals surface area (Å²) in [6, 6.07) is 0. The first-order chi connectivity index (χ1) is 3.71. The molecule has 0 spiro atoms. The molecule has 0 bridgehead atoms. The quantitative estimate of drug-likeness (QED) is 0.628. The minimum Gasteiger partial charge on any atom is -0.316 e. The molecule has 0 radical (unpaired) electrons. The molecule has 4 heteroatoms. The van der Waals surface area contributed by atoms with Crippen molar-refractivity contribution in [2.45, 2.75) is 18.8 Å². The van der Waals surface area contributed by atoms with Gasteiger partial charge in [0.05, 0.1) is 0 Å². The van der Waals surface area contributed by atoms with Crippen molar-refractivity contribution in [2.75, 3.05) is 13.1 Å². The Labute approximate surface area is 63.6 Å². The second kappa shape index (κ2) is 3.46. The van der Waals surface area contributed by atoms with Gasteiger partial charge in [-0.1, -0.05) is 0 Å². The van der Waals surface area contributed by atoms with E-state index in [0.29, 0.717) is 13.1 Å². The molecule has 1 aliphatic rings. The highest BCUT2D eigenvalue weighted by atomic mass is 79.9. The van der Waals surface area contributed by atoms with Crippen molar-refractivity contribution in [3.63, 3.8) is 0 Å². The normalized spacial score (nSPS) is 24.7. The summed E-state index contributed by atoms with van der Waals surface area (Å²) in [4.78, 5) is 0. The number of nitrogens with one attached hydrogen (secondary N) is 1. The first kappa shape index (κ1) is 9.30. The fourth-order valence-corrected chi connectivity index (χ4v) is 0.793. The van der Waals surface area contributed by atoms with E-state index in [9.17, 15) is 8.78 Å². The van der Waals surface area contributed by atoms with Gasteiger partial charge in [0.1, 0.15) is 0 Å². The van der Waals surface area contributed by atoms with E-state index < -0.39 is 5.92 Å². The Morgan fingerprint density at radius 1 is 1.11 bits per heavy atom. The summed E-state index contributed by atoms with van der Waals surface area (Å²) in [6.07, 6.45) is 0.0139. The molecule has 1 fully saturated rings. The van der Waals surface area contributed by atoms with E-state index in [0.717, 1.165) is 0 Å². The number of rotatable bonds is 0. The van der Waals surface area contributed by atoms with Crippen LogP contribution in [0.3, 0.4) is 0 Å². The van der Waals surface area contributed by atoms with E-state index in [1.54, 1.807) is 0 Å². The Hall–Kier alpha value is 0.300. The monoisotopic (exact) mass is 201 g/mol. The lowest BCUT2D eigenvalue weighted by Crippen LogP contribution is -2.35. The van der Waals surface area contributed by atoms with Gasteiger partial charge in [0.25, 0.3) is 5.92 Å². The fraction of sp³-hybridized carbons (Fsp3) is 1.00. The van der Waals surface area contributed by atoms with Crippen LogP contribution in [0.5, 0.6) is 0 Å². The first-order valence-corrected chi connectivity index (χ1v) is 2.79. The van der Waals surface area contributed by atoms with Crippen molar-refractivity contribution in [3.05, 3.63) is 0 Å². The van der Waals surface area contributed by atoms with Crippen LogP contribution < -0.4 is 5.32 Å². The van der Waals surface area contributed by atoms with Gasteiger partial charge in [0.15, 0.2) is 0 Å². The average molecular weight is 202 g/mol. The summed E-state index contributed by atoms with van der Waals surface area (Å²) >= 11 is 0. The van der Waals surface area contributed by atoms with Gasteiger partial charge in [-0.2, -0.15) is 0 Å². The fourth-order valence-electron chi connectivity index (χ4n) is 0.793. The second-order valence-corrected chi connectivity index (χ2v) is 2.11. The molecule has 1 nitrogen and oxygen atoms in total. The van der Waals surface area contributed by atoms with E-state index >= 15 is 0 Å². The summed E-state index contributed by atoms with van der Waals surface area (Å²) < 4.78 is 24.3. The molecule has 1 saturated heterocycles. The van der Waals surface area contributed by atoms with Crippen molar-refractivity contribution in [1.29, 1.82) is 0 Å². The van der Waals surface area contributed by atoms with E-state index in [1.165, 1.54) is 0 Å². The largest absolute Gasteiger partial charge is 0.316 e. The maximum atomic E-state index is 12.2. The molecule has 0 aromatic carbocycles. The lowest BCUT2D eigenvalue weighted by molar-refractivity contribution is -0.0274. The van der Waals surface area contributed by atoms with Crippen molar-refractivity contribution in [2.24, 2.45) is 0 Å². The smallest absolute Gasteiger partial charge is 0.250 e. The molecule has 0 aromatic heterocycles. The Bertz CT molecular complexity index is 79.0. The molecule has 0 aromatic rings. The SMILES string of the molecule is Br.FC1(F)CCNCC1. The van der Waals surface area contributed by atoms with Gasteiger partial charge in [-0.3, -0.25) is 0 Å². The molecular formula is C5H10BrF2N. The lowest BCUT2D eigenvalue weighted by Gasteiger charge is -2.21. The zero-order valence-corrected chi connectivity index (χ0v) is 6.71. The van der Waals surface area contributed by atoms with Crippen molar-refractivity contribution < 1.29 is 8.78 Å². The Balaban J connectivity index is 0.000000640. The topological polar surface area (TPSA) is 12.0 Å². The molecule has 0 saturated carbocycles. The number of piperidine rings is 1. The Morgan fingerprint density at radius 2 is 1.56 bits per heavy atom. The van der Waals surface area contributed by atoms with Gasteiger partial charge in [0.2, 0.25) is 0 Å². The number of alkyl halides is 2. The maximum absolute atomic E-state index is 12.2. The summed E-state index contributed by atoms with van der Waals surface area (Å²) in [5, 5.41) is 2.86. The minimum absolute atomic E-state index is 0. The summed E-state index contributed by atoms with van der Waals surface area (Å²) in [6.45, 7) is 0.931. The zero-order chi connectivity index (χ0) is 6.04. The molecule has 9 heavy (non-hydrogen) atoms. The van der Waals surface area contributed by atoms with E-state index in [2.05, 4.69) is 5.32 Å². The molecule has 1 N–H and O–H groups in total. The van der Waals surface area contributed by atoms with Gasteiger partial charge in [-0.15, -0.1) is 17.0 Å². The van der Waals surface area contributed by atoms with Crippen LogP contribution in [0.25, 0.3) is 0 Å². The van der Waals surface area contributed by atoms with Crippen molar-refractivity contribution >= 4 is 17.0 Å². The summed E-state index contributed by atoms with van der Waals surface area (Å²) in [7, 11) is 0. The summed E-state index contributed by atoms with van der Waals surface area (Å²) in [5.41, 5.74) is 0. The van der Waals surface area contributed by atoms with Gasteiger partial charge in [-0.25, -0.2) is 8.78 Å². The molecule has 0 unspecified atom stereocenters. The number of halogens is 3. The van der Waals surface area contributed by atoms with Crippen LogP contribution in [0.15, 0.2) is 0 Å². The van der Waals surface area contributed by atoms with E-state index in [1.807, 2.05) is 0 Å². The predicted molar refractivity (Wildman–Crippen MR) is 37.4 cm³/mol. The number of hydrogen-bond acceptors (Lipinski definition) is 1. The second-order valence-electron chi connectivity index (χ2n) is 2.11. The molecular weight excluding hydrogens is 192 g/mol. The molecule has 56 valence electrons. The highest BCUT2D eigenvalue weighted by Crippen LogP contribution is 2.23. The van der Waals surface area contributed by atoms with Crippen LogP contribution in [0.2, 0.25) is 0 Å². The standard InChI is InChI=1S/C5H9F2N.BrH/c6-5(7)1-3-8-4-2-5;/h8H,1-4H2;1H. The van der Waals surface area contributed by atoms with Crippen molar-refractivity contribution in [1.82, 2.24) is 5.32 Å². The highest BCUT2D eigenvalue weighted by molar-refractivity contribution is 8.93. The van der Waals surface area contributed by atoms with Gasteiger partial charge >= 0.3 is 0 Å². The van der Waals surface area contributed by atoms with Crippen LogP contribution >= 0.6 is 17.0 Å². The average Bonchev–Trinajstić information content (AvgIpc) is 1.65. The van der Waals surface area contributed by atoms with Gasteiger partial charge in [0, 0.05) is 25.9 Å². The number of hydrogen-bond donors (Lipinski definition) is 1. The third kappa shape index (κ3) is 3.11. The van der Waals surface area contributed by atoms with Crippen LogP contribution in [0.4, 0.5) is 8.78 Å². The first-order valence-electron chi connectivity index (χ1n) is 2.79. The molecule has 1 aliphatic heterocycles. The highest BCUT2D eigenvalue weighted by Gasteiger charge is 2.30. The Morgan fingerprint density at radius 3 is 1.78 bits per heavy atom. The van der Waals surface area contributed by atoms with Crippen molar-refractivity contribution in [3.8, 4) is 0 Å². The maximum Gasteiger partial charge on any atom is 0.250 e.